The second-order valence-electron chi connectivity index (χ2n) is 3.55. The fraction of sp³-hybridized carbons (Fsp3) is 0.231. The van der Waals surface area contributed by atoms with E-state index in [4.69, 9.17) is 4.74 Å². The molecule has 0 bridgehead atoms. The van der Waals surface area contributed by atoms with Gasteiger partial charge in [0.1, 0.15) is 0 Å². The highest BCUT2D eigenvalue weighted by Gasteiger charge is 2.07. The second kappa shape index (κ2) is 4.31. The fourth-order valence-corrected chi connectivity index (χ4v) is 1.76. The number of aryl methyl sites for hydroxylation is 1. The topological polar surface area (TPSA) is 39.2 Å². The number of carbonyl (C=O) groups is 1. The largest absolute Gasteiger partial charge is 0.465 e. The van der Waals surface area contributed by atoms with Crippen molar-refractivity contribution in [2.75, 3.05) is 7.11 Å². The van der Waals surface area contributed by atoms with E-state index in [0.717, 1.165) is 17.3 Å². The van der Waals surface area contributed by atoms with Crippen LogP contribution in [0, 0.1) is 0 Å². The minimum Gasteiger partial charge on any atom is -0.465 e. The summed E-state index contributed by atoms with van der Waals surface area (Å²) >= 11 is 0. The predicted octanol–water partition coefficient (Wildman–Crippen LogP) is 2.58. The monoisotopic (exact) mass is 215 g/mol. The van der Waals surface area contributed by atoms with E-state index in [1.165, 1.54) is 12.7 Å². The first-order valence-electron chi connectivity index (χ1n) is 5.22. The predicted molar refractivity (Wildman–Crippen MR) is 62.5 cm³/mol. The SMILES string of the molecule is CCc1ccnc2ccc(C(=O)OC)cc12. The Labute approximate surface area is 94.1 Å². The van der Waals surface area contributed by atoms with Gasteiger partial charge in [-0.25, -0.2) is 4.79 Å². The molecule has 0 atom stereocenters. The zero-order valence-electron chi connectivity index (χ0n) is 9.36. The molecule has 1 aromatic heterocycles. The average Bonchev–Trinajstić information content (AvgIpc) is 2.36. The van der Waals surface area contributed by atoms with Crippen molar-refractivity contribution in [3.8, 4) is 0 Å². The number of rotatable bonds is 2. The zero-order valence-corrected chi connectivity index (χ0v) is 9.36. The van der Waals surface area contributed by atoms with Crippen LogP contribution >= 0.6 is 0 Å². The van der Waals surface area contributed by atoms with Crippen molar-refractivity contribution in [2.24, 2.45) is 0 Å². The zero-order chi connectivity index (χ0) is 11.5. The number of fused-ring (bicyclic) bond motifs is 1. The summed E-state index contributed by atoms with van der Waals surface area (Å²) in [7, 11) is 1.39. The number of esters is 1. The van der Waals surface area contributed by atoms with Crippen molar-refractivity contribution in [1.29, 1.82) is 0 Å². The molecule has 2 rings (SSSR count). The van der Waals surface area contributed by atoms with E-state index in [0.29, 0.717) is 5.56 Å². The van der Waals surface area contributed by atoms with Crippen LogP contribution in [0.5, 0.6) is 0 Å². The third-order valence-electron chi connectivity index (χ3n) is 2.63. The minimum atomic E-state index is -0.312. The van der Waals surface area contributed by atoms with E-state index in [1.54, 1.807) is 12.3 Å². The molecular formula is C13H13NO2. The summed E-state index contributed by atoms with van der Waals surface area (Å²) in [6.45, 7) is 2.08. The maximum absolute atomic E-state index is 11.4. The van der Waals surface area contributed by atoms with Crippen molar-refractivity contribution in [3.63, 3.8) is 0 Å². The molecule has 3 nitrogen and oxygen atoms in total. The third-order valence-corrected chi connectivity index (χ3v) is 2.63. The lowest BCUT2D eigenvalue weighted by atomic mass is 10.0. The van der Waals surface area contributed by atoms with Gasteiger partial charge in [-0.1, -0.05) is 6.92 Å². The van der Waals surface area contributed by atoms with Crippen LogP contribution in [0.15, 0.2) is 30.5 Å². The molecule has 0 fully saturated rings. The minimum absolute atomic E-state index is 0.312. The van der Waals surface area contributed by atoms with Crippen LogP contribution in [0.2, 0.25) is 0 Å². The molecule has 0 aliphatic carbocycles. The van der Waals surface area contributed by atoms with Crippen molar-refractivity contribution in [2.45, 2.75) is 13.3 Å². The Morgan fingerprint density at radius 1 is 1.38 bits per heavy atom. The number of methoxy groups -OCH3 is 1. The number of carbonyl (C=O) groups excluding carboxylic acids is 1. The van der Waals surface area contributed by atoms with E-state index >= 15 is 0 Å². The summed E-state index contributed by atoms with van der Waals surface area (Å²) in [5.41, 5.74) is 2.67. The highest BCUT2D eigenvalue weighted by Crippen LogP contribution is 2.19. The quantitative estimate of drug-likeness (QED) is 0.723. The van der Waals surface area contributed by atoms with E-state index in [1.807, 2.05) is 18.2 Å². The van der Waals surface area contributed by atoms with E-state index in [-0.39, 0.29) is 5.97 Å². The van der Waals surface area contributed by atoms with Gasteiger partial charge in [-0.05, 0) is 36.2 Å². The lowest BCUT2D eigenvalue weighted by Crippen LogP contribution is -2.01. The maximum Gasteiger partial charge on any atom is 0.337 e. The first-order valence-corrected chi connectivity index (χ1v) is 5.22. The summed E-state index contributed by atoms with van der Waals surface area (Å²) in [6, 6.07) is 7.40. The van der Waals surface area contributed by atoms with Crippen LogP contribution in [0.4, 0.5) is 0 Å². The summed E-state index contributed by atoms with van der Waals surface area (Å²) in [6.07, 6.45) is 2.71. The number of benzene rings is 1. The molecule has 82 valence electrons. The van der Waals surface area contributed by atoms with Gasteiger partial charge in [-0.15, -0.1) is 0 Å². The molecular weight excluding hydrogens is 202 g/mol. The van der Waals surface area contributed by atoms with Crippen molar-refractivity contribution in [3.05, 3.63) is 41.6 Å². The molecule has 0 saturated heterocycles. The lowest BCUT2D eigenvalue weighted by molar-refractivity contribution is 0.0601. The molecule has 0 radical (unpaired) electrons. The standard InChI is InChI=1S/C13H13NO2/c1-3-9-6-7-14-12-5-4-10(8-11(9)12)13(15)16-2/h4-8H,3H2,1-2H3. The molecule has 1 heterocycles. The number of aromatic nitrogens is 1. The van der Waals surface area contributed by atoms with Crippen LogP contribution in [0.25, 0.3) is 10.9 Å². The number of hydrogen-bond acceptors (Lipinski definition) is 3. The first-order chi connectivity index (χ1) is 7.76. The van der Waals surface area contributed by atoms with Crippen molar-refractivity contribution < 1.29 is 9.53 Å². The average molecular weight is 215 g/mol. The Kier molecular flexibility index (Phi) is 2.86. The van der Waals surface area contributed by atoms with Crippen molar-refractivity contribution in [1.82, 2.24) is 4.98 Å². The molecule has 1 aromatic carbocycles. The van der Waals surface area contributed by atoms with E-state index in [2.05, 4.69) is 11.9 Å². The Morgan fingerprint density at radius 2 is 2.19 bits per heavy atom. The summed E-state index contributed by atoms with van der Waals surface area (Å²) in [5.74, 6) is -0.312. The Balaban J connectivity index is 2.63. The fourth-order valence-electron chi connectivity index (χ4n) is 1.76. The highest BCUT2D eigenvalue weighted by molar-refractivity contribution is 5.95. The van der Waals surface area contributed by atoms with Gasteiger partial charge in [0.2, 0.25) is 0 Å². The highest BCUT2D eigenvalue weighted by atomic mass is 16.5. The Hall–Kier alpha value is -1.90. The van der Waals surface area contributed by atoms with E-state index in [9.17, 15) is 4.79 Å². The Morgan fingerprint density at radius 3 is 2.88 bits per heavy atom. The van der Waals surface area contributed by atoms with Crippen LogP contribution in [-0.4, -0.2) is 18.1 Å². The molecule has 0 aliphatic rings. The molecule has 0 amide bonds. The van der Waals surface area contributed by atoms with Gasteiger partial charge < -0.3 is 4.74 Å². The third kappa shape index (κ3) is 1.76. The van der Waals surface area contributed by atoms with Crippen LogP contribution < -0.4 is 0 Å². The summed E-state index contributed by atoms with van der Waals surface area (Å²) in [4.78, 5) is 15.7. The smallest absolute Gasteiger partial charge is 0.337 e. The number of ether oxygens (including phenoxy) is 1. The molecule has 0 unspecified atom stereocenters. The molecule has 0 spiro atoms. The summed E-state index contributed by atoms with van der Waals surface area (Å²) < 4.78 is 4.70. The molecule has 16 heavy (non-hydrogen) atoms. The molecule has 0 saturated carbocycles. The van der Waals surface area contributed by atoms with Crippen LogP contribution in [-0.2, 0) is 11.2 Å². The van der Waals surface area contributed by atoms with Gasteiger partial charge in [-0.2, -0.15) is 0 Å². The second-order valence-corrected chi connectivity index (χ2v) is 3.55. The van der Waals surface area contributed by atoms with Gasteiger partial charge in [0.05, 0.1) is 18.2 Å². The first kappa shape index (κ1) is 10.6. The lowest BCUT2D eigenvalue weighted by Gasteiger charge is -2.05. The molecule has 0 N–H and O–H groups in total. The van der Waals surface area contributed by atoms with Gasteiger partial charge >= 0.3 is 5.97 Å². The molecule has 0 aliphatic heterocycles. The van der Waals surface area contributed by atoms with E-state index < -0.39 is 0 Å². The van der Waals surface area contributed by atoms with Gasteiger partial charge in [0, 0.05) is 11.6 Å². The van der Waals surface area contributed by atoms with Gasteiger partial charge in [0.25, 0.3) is 0 Å². The number of pyridine rings is 1. The molecule has 2 aromatic rings. The van der Waals surface area contributed by atoms with Gasteiger partial charge in [0.15, 0.2) is 0 Å². The summed E-state index contributed by atoms with van der Waals surface area (Å²) in [5, 5.41) is 1.02. The van der Waals surface area contributed by atoms with Crippen LogP contribution in [0.3, 0.4) is 0 Å². The normalized spacial score (nSPS) is 10.4. The van der Waals surface area contributed by atoms with Crippen molar-refractivity contribution >= 4 is 16.9 Å². The van der Waals surface area contributed by atoms with Gasteiger partial charge in [-0.3, -0.25) is 4.98 Å². The number of hydrogen-bond donors (Lipinski definition) is 0. The molecule has 3 heteroatoms. The number of nitrogens with zero attached hydrogens (tertiary/aromatic N) is 1. The maximum atomic E-state index is 11.4. The van der Waals surface area contributed by atoms with Crippen LogP contribution in [0.1, 0.15) is 22.8 Å². The Bertz CT molecular complexity index is 534.